The molecule has 1 amide bonds. The number of hydrogen-bond acceptors (Lipinski definition) is 2. The average molecular weight is 322 g/mol. The van der Waals surface area contributed by atoms with Crippen molar-refractivity contribution in [3.63, 3.8) is 0 Å². The monoisotopic (exact) mass is 322 g/mol. The molecular formula is C21H26N2O. The molecule has 2 atom stereocenters. The van der Waals surface area contributed by atoms with Crippen molar-refractivity contribution in [2.45, 2.75) is 31.7 Å². The van der Waals surface area contributed by atoms with Gasteiger partial charge in [0.2, 0.25) is 5.91 Å². The summed E-state index contributed by atoms with van der Waals surface area (Å²) in [5.41, 5.74) is 2.47. The van der Waals surface area contributed by atoms with E-state index in [1.807, 2.05) is 12.1 Å². The van der Waals surface area contributed by atoms with Crippen LogP contribution >= 0.6 is 0 Å². The summed E-state index contributed by atoms with van der Waals surface area (Å²) in [5, 5.41) is 6.59. The minimum absolute atomic E-state index is 0.0456. The molecule has 1 aliphatic heterocycles. The van der Waals surface area contributed by atoms with Gasteiger partial charge in [0, 0.05) is 18.5 Å². The number of piperidine rings is 1. The van der Waals surface area contributed by atoms with E-state index < -0.39 is 0 Å². The van der Waals surface area contributed by atoms with Crippen LogP contribution in [-0.2, 0) is 4.79 Å². The Morgan fingerprint density at radius 3 is 2.12 bits per heavy atom. The van der Waals surface area contributed by atoms with Crippen LogP contribution < -0.4 is 10.6 Å². The number of nitrogens with one attached hydrogen (secondary N) is 2. The molecule has 2 N–H and O–H groups in total. The highest BCUT2D eigenvalue weighted by Crippen LogP contribution is 2.28. The van der Waals surface area contributed by atoms with Gasteiger partial charge in [-0.05, 0) is 37.4 Å². The van der Waals surface area contributed by atoms with Crippen LogP contribution in [-0.4, -0.2) is 25.0 Å². The molecule has 3 rings (SSSR count). The summed E-state index contributed by atoms with van der Waals surface area (Å²) in [6.07, 6.45) is 2.06. The van der Waals surface area contributed by atoms with Crippen molar-refractivity contribution in [2.24, 2.45) is 5.92 Å². The largest absolute Gasteiger partial charge is 0.352 e. The molecule has 3 nitrogen and oxygen atoms in total. The Hall–Kier alpha value is -2.13. The predicted octanol–water partition coefficient (Wildman–Crippen LogP) is 3.32. The molecule has 0 aliphatic carbocycles. The number of carbonyl (C=O) groups excluding carboxylic acids is 1. The number of amides is 1. The number of hydrogen-bond donors (Lipinski definition) is 2. The van der Waals surface area contributed by atoms with Crippen molar-refractivity contribution in [2.75, 3.05) is 13.1 Å². The summed E-state index contributed by atoms with van der Waals surface area (Å²) in [5.74, 6) is 0.424. The van der Waals surface area contributed by atoms with Crippen molar-refractivity contribution in [1.29, 1.82) is 0 Å². The molecule has 0 spiro atoms. The van der Waals surface area contributed by atoms with Crippen LogP contribution in [0.25, 0.3) is 0 Å². The maximum atomic E-state index is 12.6. The summed E-state index contributed by atoms with van der Waals surface area (Å²) < 4.78 is 0. The molecule has 1 saturated heterocycles. The summed E-state index contributed by atoms with van der Waals surface area (Å²) in [4.78, 5) is 12.6. The second kappa shape index (κ2) is 8.11. The van der Waals surface area contributed by atoms with Crippen LogP contribution in [0.2, 0.25) is 0 Å². The molecule has 0 saturated carbocycles. The van der Waals surface area contributed by atoms with Gasteiger partial charge in [0.15, 0.2) is 0 Å². The van der Waals surface area contributed by atoms with E-state index in [-0.39, 0.29) is 23.8 Å². The Morgan fingerprint density at radius 1 is 1.04 bits per heavy atom. The molecule has 2 aromatic carbocycles. The lowest BCUT2D eigenvalue weighted by atomic mass is 9.85. The maximum absolute atomic E-state index is 12.6. The first-order valence-electron chi connectivity index (χ1n) is 8.86. The zero-order valence-electron chi connectivity index (χ0n) is 14.2. The van der Waals surface area contributed by atoms with Gasteiger partial charge in [-0.15, -0.1) is 0 Å². The quantitative estimate of drug-likeness (QED) is 0.886. The standard InChI is InChI=1S/C21H26N2O/c1-16(23-21(24)19-13-8-14-22-15-19)20(17-9-4-2-5-10-17)18-11-6-3-7-12-18/h2-7,9-12,16,19-20,22H,8,13-15H2,1H3,(H,23,24). The van der Waals surface area contributed by atoms with Crippen molar-refractivity contribution in [1.82, 2.24) is 10.6 Å². The highest BCUT2D eigenvalue weighted by Gasteiger charge is 2.26. The van der Waals surface area contributed by atoms with Crippen LogP contribution in [0, 0.1) is 5.92 Å². The highest BCUT2D eigenvalue weighted by molar-refractivity contribution is 5.79. The Balaban J connectivity index is 1.79. The van der Waals surface area contributed by atoms with Gasteiger partial charge >= 0.3 is 0 Å². The summed E-state index contributed by atoms with van der Waals surface area (Å²) in [6, 6.07) is 20.9. The SMILES string of the molecule is CC(NC(=O)C1CCCNC1)C(c1ccccc1)c1ccccc1. The van der Waals surface area contributed by atoms with E-state index in [1.165, 1.54) is 11.1 Å². The fourth-order valence-electron chi connectivity index (χ4n) is 3.59. The number of carbonyl (C=O) groups is 1. The number of benzene rings is 2. The molecular weight excluding hydrogens is 296 g/mol. The summed E-state index contributed by atoms with van der Waals surface area (Å²) in [6.45, 7) is 3.93. The molecule has 0 bridgehead atoms. The van der Waals surface area contributed by atoms with Crippen LogP contribution in [0.3, 0.4) is 0 Å². The van der Waals surface area contributed by atoms with Gasteiger partial charge in [0.25, 0.3) is 0 Å². The van der Waals surface area contributed by atoms with Crippen molar-refractivity contribution in [3.05, 3.63) is 71.8 Å². The molecule has 2 aromatic rings. The Morgan fingerprint density at radius 2 is 1.62 bits per heavy atom. The fraction of sp³-hybridized carbons (Fsp3) is 0.381. The van der Waals surface area contributed by atoms with Gasteiger partial charge < -0.3 is 10.6 Å². The topological polar surface area (TPSA) is 41.1 Å². The minimum atomic E-state index is 0.0456. The lowest BCUT2D eigenvalue weighted by Crippen LogP contribution is -2.45. The normalized spacial score (nSPS) is 19.0. The highest BCUT2D eigenvalue weighted by atomic mass is 16.2. The van der Waals surface area contributed by atoms with Gasteiger partial charge in [-0.25, -0.2) is 0 Å². The molecule has 2 unspecified atom stereocenters. The molecule has 0 aromatic heterocycles. The molecule has 1 aliphatic rings. The third-order valence-corrected chi connectivity index (χ3v) is 4.85. The van der Waals surface area contributed by atoms with E-state index >= 15 is 0 Å². The minimum Gasteiger partial charge on any atom is -0.352 e. The van der Waals surface area contributed by atoms with Crippen molar-refractivity contribution in [3.8, 4) is 0 Å². The van der Waals surface area contributed by atoms with Crippen LogP contribution in [0.15, 0.2) is 60.7 Å². The van der Waals surface area contributed by atoms with Gasteiger partial charge in [-0.3, -0.25) is 4.79 Å². The van der Waals surface area contributed by atoms with Crippen molar-refractivity contribution < 1.29 is 4.79 Å². The van der Waals surface area contributed by atoms with Gasteiger partial charge in [-0.2, -0.15) is 0 Å². The zero-order valence-corrected chi connectivity index (χ0v) is 14.2. The molecule has 3 heteroatoms. The first-order chi connectivity index (χ1) is 11.8. The fourth-order valence-corrected chi connectivity index (χ4v) is 3.59. The first-order valence-corrected chi connectivity index (χ1v) is 8.86. The Labute approximate surface area is 144 Å². The Bertz CT molecular complexity index is 596. The Kier molecular flexibility index (Phi) is 5.65. The van der Waals surface area contributed by atoms with E-state index in [0.29, 0.717) is 0 Å². The van der Waals surface area contributed by atoms with E-state index in [9.17, 15) is 4.79 Å². The second-order valence-corrected chi connectivity index (χ2v) is 6.64. The summed E-state index contributed by atoms with van der Waals surface area (Å²) >= 11 is 0. The van der Waals surface area contributed by atoms with E-state index in [2.05, 4.69) is 66.1 Å². The van der Waals surface area contributed by atoms with Crippen molar-refractivity contribution >= 4 is 5.91 Å². The molecule has 126 valence electrons. The van der Waals surface area contributed by atoms with Crippen LogP contribution in [0.1, 0.15) is 36.8 Å². The average Bonchev–Trinajstić information content (AvgIpc) is 2.64. The molecule has 1 fully saturated rings. The lowest BCUT2D eigenvalue weighted by molar-refractivity contribution is -0.126. The third kappa shape index (κ3) is 4.04. The third-order valence-electron chi connectivity index (χ3n) is 4.85. The maximum Gasteiger partial charge on any atom is 0.224 e. The predicted molar refractivity (Wildman–Crippen MR) is 97.9 cm³/mol. The van der Waals surface area contributed by atoms with Gasteiger partial charge in [0.05, 0.1) is 5.92 Å². The van der Waals surface area contributed by atoms with Gasteiger partial charge in [-0.1, -0.05) is 60.7 Å². The van der Waals surface area contributed by atoms with E-state index in [4.69, 9.17) is 0 Å². The van der Waals surface area contributed by atoms with Crippen LogP contribution in [0.5, 0.6) is 0 Å². The molecule has 1 heterocycles. The zero-order chi connectivity index (χ0) is 16.8. The van der Waals surface area contributed by atoms with E-state index in [0.717, 1.165) is 25.9 Å². The number of rotatable bonds is 5. The molecule has 24 heavy (non-hydrogen) atoms. The second-order valence-electron chi connectivity index (χ2n) is 6.64. The first kappa shape index (κ1) is 16.7. The molecule has 0 radical (unpaired) electrons. The summed E-state index contributed by atoms with van der Waals surface area (Å²) in [7, 11) is 0. The van der Waals surface area contributed by atoms with Crippen LogP contribution in [0.4, 0.5) is 0 Å². The smallest absolute Gasteiger partial charge is 0.224 e. The van der Waals surface area contributed by atoms with Gasteiger partial charge in [0.1, 0.15) is 0 Å². The lowest BCUT2D eigenvalue weighted by Gasteiger charge is -2.29. The van der Waals surface area contributed by atoms with E-state index in [1.54, 1.807) is 0 Å².